The molecule has 1 aliphatic heterocycles. The molecule has 1 atom stereocenters. The Morgan fingerprint density at radius 3 is 2.73 bits per heavy atom. The zero-order valence-electron chi connectivity index (χ0n) is 18.7. The van der Waals surface area contributed by atoms with Crippen LogP contribution in [-0.2, 0) is 14.3 Å². The van der Waals surface area contributed by atoms with E-state index in [-0.39, 0.29) is 24.3 Å². The second-order valence-electron chi connectivity index (χ2n) is 8.05. The molecule has 1 aromatic rings. The van der Waals surface area contributed by atoms with Gasteiger partial charge in [-0.15, -0.1) is 0 Å². The van der Waals surface area contributed by atoms with Gasteiger partial charge in [0.1, 0.15) is 6.61 Å². The first-order chi connectivity index (χ1) is 16.0. The van der Waals surface area contributed by atoms with Gasteiger partial charge in [-0.25, -0.2) is 4.79 Å². The number of esters is 1. The molecule has 1 saturated carbocycles. The fraction of sp³-hybridized carbons (Fsp3) is 0.400. The number of thioether (sulfide) groups is 1. The smallest absolute Gasteiger partial charge is 0.337 e. The Morgan fingerprint density at radius 1 is 1.33 bits per heavy atom. The van der Waals surface area contributed by atoms with Gasteiger partial charge in [-0.05, 0) is 31.4 Å². The van der Waals surface area contributed by atoms with E-state index in [9.17, 15) is 14.9 Å². The van der Waals surface area contributed by atoms with E-state index in [4.69, 9.17) is 16.3 Å². The van der Waals surface area contributed by atoms with Crippen LogP contribution in [0.4, 0.5) is 0 Å². The predicted octanol–water partition coefficient (Wildman–Crippen LogP) is 4.95. The van der Waals surface area contributed by atoms with Crippen molar-refractivity contribution in [1.82, 2.24) is 10.6 Å². The van der Waals surface area contributed by atoms with Gasteiger partial charge in [0, 0.05) is 16.8 Å². The summed E-state index contributed by atoms with van der Waals surface area (Å²) in [6.07, 6.45) is 6.99. The number of hydrogen-bond donors (Lipinski definition) is 2. The number of ether oxygens (including phenoxy) is 1. The molecule has 2 aliphatic rings. The normalized spacial score (nSPS) is 18.9. The lowest BCUT2D eigenvalue weighted by Gasteiger charge is -2.30. The molecule has 0 aromatic heterocycles. The first kappa shape index (κ1) is 24.9. The number of amides is 1. The van der Waals surface area contributed by atoms with Gasteiger partial charge in [-0.3, -0.25) is 4.79 Å². The Morgan fingerprint density at radius 2 is 2.06 bits per heavy atom. The minimum Gasteiger partial charge on any atom is -0.458 e. The van der Waals surface area contributed by atoms with Crippen LogP contribution in [-0.4, -0.2) is 30.3 Å². The van der Waals surface area contributed by atoms with Crippen LogP contribution in [0.15, 0.2) is 58.8 Å². The highest BCUT2D eigenvalue weighted by atomic mass is 35.5. The Balaban J connectivity index is 1.88. The first-order valence-electron chi connectivity index (χ1n) is 11.0. The van der Waals surface area contributed by atoms with Crippen molar-refractivity contribution >= 4 is 35.2 Å². The highest BCUT2D eigenvalue weighted by molar-refractivity contribution is 8.03. The third-order valence-corrected chi connectivity index (χ3v) is 7.10. The lowest BCUT2D eigenvalue weighted by Crippen LogP contribution is -2.37. The van der Waals surface area contributed by atoms with Gasteiger partial charge in [0.05, 0.1) is 33.9 Å². The molecule has 174 valence electrons. The van der Waals surface area contributed by atoms with Gasteiger partial charge in [-0.2, -0.15) is 5.26 Å². The van der Waals surface area contributed by atoms with Crippen LogP contribution in [0.1, 0.15) is 50.5 Å². The second-order valence-corrected chi connectivity index (χ2v) is 9.44. The molecule has 33 heavy (non-hydrogen) atoms. The van der Waals surface area contributed by atoms with E-state index in [1.54, 1.807) is 25.1 Å². The van der Waals surface area contributed by atoms with E-state index in [2.05, 4.69) is 23.3 Å². The van der Waals surface area contributed by atoms with Crippen LogP contribution in [0, 0.1) is 11.3 Å². The number of carbonyl (C=O) groups excluding carboxylic acids is 2. The highest BCUT2D eigenvalue weighted by Crippen LogP contribution is 2.43. The molecular formula is C25H28ClN3O3S. The van der Waals surface area contributed by atoms with Crippen molar-refractivity contribution in [3.63, 3.8) is 0 Å². The number of allylic oxidation sites excluding steroid dienone is 2. The zero-order valence-corrected chi connectivity index (χ0v) is 20.2. The van der Waals surface area contributed by atoms with E-state index < -0.39 is 11.9 Å². The van der Waals surface area contributed by atoms with E-state index in [0.29, 0.717) is 32.5 Å². The number of hydrogen-bond acceptors (Lipinski definition) is 6. The van der Waals surface area contributed by atoms with Crippen LogP contribution in [0.5, 0.6) is 0 Å². The third-order valence-electron chi connectivity index (χ3n) is 5.73. The van der Waals surface area contributed by atoms with Crippen molar-refractivity contribution < 1.29 is 14.3 Å². The number of nitriles is 1. The topological polar surface area (TPSA) is 91.2 Å². The second kappa shape index (κ2) is 12.0. The van der Waals surface area contributed by atoms with Crippen LogP contribution in [0.25, 0.3) is 0 Å². The highest BCUT2D eigenvalue weighted by Gasteiger charge is 2.36. The molecule has 1 aliphatic carbocycles. The minimum absolute atomic E-state index is 0.0550. The molecular weight excluding hydrogens is 458 g/mol. The van der Waals surface area contributed by atoms with Crippen molar-refractivity contribution in [3.05, 3.63) is 69.4 Å². The van der Waals surface area contributed by atoms with Crippen LogP contribution in [0.3, 0.4) is 0 Å². The van der Waals surface area contributed by atoms with Crippen molar-refractivity contribution in [2.45, 2.75) is 51.0 Å². The monoisotopic (exact) mass is 485 g/mol. The SMILES string of the molecule is C=CCOC(=O)C1=C(C)NC(SCC(=O)NC2CCCCC2)=C(C#N)[C@H]1c1ccccc1Cl. The van der Waals surface area contributed by atoms with Gasteiger partial charge >= 0.3 is 5.97 Å². The van der Waals surface area contributed by atoms with E-state index in [0.717, 1.165) is 25.7 Å². The molecule has 0 saturated heterocycles. The van der Waals surface area contributed by atoms with E-state index in [1.165, 1.54) is 24.3 Å². The molecule has 1 heterocycles. The lowest BCUT2D eigenvalue weighted by molar-refractivity contribution is -0.138. The summed E-state index contributed by atoms with van der Waals surface area (Å²) in [7, 11) is 0. The number of benzene rings is 1. The summed E-state index contributed by atoms with van der Waals surface area (Å²) >= 11 is 7.73. The standard InChI is InChI=1S/C25H28ClN3O3S/c1-3-13-32-25(31)22-16(2)28-24(33-15-21(30)29-17-9-5-4-6-10-17)19(14-27)23(22)18-11-7-8-12-20(18)26/h3,7-8,11-12,17,23,28H,1,4-6,9-10,13,15H2,2H3,(H,29,30)/t23-/m1/s1. The van der Waals surface area contributed by atoms with Gasteiger partial charge in [-0.1, -0.05) is 73.5 Å². The molecule has 1 amide bonds. The molecule has 6 nitrogen and oxygen atoms in total. The Kier molecular flexibility index (Phi) is 9.04. The molecule has 0 bridgehead atoms. The third kappa shape index (κ3) is 6.21. The summed E-state index contributed by atoms with van der Waals surface area (Å²) < 4.78 is 5.30. The van der Waals surface area contributed by atoms with Crippen molar-refractivity contribution in [2.24, 2.45) is 0 Å². The average molecular weight is 486 g/mol. The molecule has 1 aromatic carbocycles. The Labute approximate surface area is 204 Å². The van der Waals surface area contributed by atoms with E-state index >= 15 is 0 Å². The molecule has 0 unspecified atom stereocenters. The zero-order chi connectivity index (χ0) is 23.8. The summed E-state index contributed by atoms with van der Waals surface area (Å²) in [5.74, 6) is -1.14. The summed E-state index contributed by atoms with van der Waals surface area (Å²) in [6.45, 7) is 5.39. The maximum absolute atomic E-state index is 12.9. The van der Waals surface area contributed by atoms with Gasteiger partial charge in [0.25, 0.3) is 0 Å². The summed E-state index contributed by atoms with van der Waals surface area (Å²) in [6, 6.07) is 9.58. The molecule has 8 heteroatoms. The van der Waals surface area contributed by atoms with Crippen molar-refractivity contribution in [2.75, 3.05) is 12.4 Å². The molecule has 3 rings (SSSR count). The largest absolute Gasteiger partial charge is 0.458 e. The lowest BCUT2D eigenvalue weighted by atomic mass is 9.82. The number of rotatable bonds is 8. The van der Waals surface area contributed by atoms with Gasteiger partial charge in [0.15, 0.2) is 0 Å². The number of halogens is 1. The molecule has 2 N–H and O–H groups in total. The Bertz CT molecular complexity index is 1020. The van der Waals surface area contributed by atoms with Crippen molar-refractivity contribution in [3.8, 4) is 6.07 Å². The average Bonchev–Trinajstić information content (AvgIpc) is 2.81. The number of nitrogens with one attached hydrogen (secondary N) is 2. The minimum atomic E-state index is -0.703. The molecule has 0 radical (unpaired) electrons. The number of dihydropyridines is 1. The summed E-state index contributed by atoms with van der Waals surface area (Å²) in [4.78, 5) is 25.4. The van der Waals surface area contributed by atoms with Crippen LogP contribution >= 0.6 is 23.4 Å². The predicted molar refractivity (Wildman–Crippen MR) is 131 cm³/mol. The van der Waals surface area contributed by atoms with Crippen molar-refractivity contribution in [1.29, 1.82) is 5.26 Å². The molecule has 0 spiro atoms. The number of nitrogens with zero attached hydrogens (tertiary/aromatic N) is 1. The summed E-state index contributed by atoms with van der Waals surface area (Å²) in [5.41, 5.74) is 1.84. The Hall–Kier alpha value is -2.69. The quantitative estimate of drug-likeness (QED) is 0.400. The van der Waals surface area contributed by atoms with Gasteiger partial charge < -0.3 is 15.4 Å². The summed E-state index contributed by atoms with van der Waals surface area (Å²) in [5, 5.41) is 17.3. The maximum atomic E-state index is 12.9. The van der Waals surface area contributed by atoms with Crippen LogP contribution < -0.4 is 10.6 Å². The fourth-order valence-corrected chi connectivity index (χ4v) is 5.33. The van der Waals surface area contributed by atoms with E-state index in [1.807, 2.05) is 6.07 Å². The first-order valence-corrected chi connectivity index (χ1v) is 12.4. The maximum Gasteiger partial charge on any atom is 0.337 e. The van der Waals surface area contributed by atoms with Crippen LogP contribution in [0.2, 0.25) is 5.02 Å². The molecule has 1 fully saturated rings. The number of carbonyl (C=O) groups is 2. The van der Waals surface area contributed by atoms with Gasteiger partial charge in [0.2, 0.25) is 5.91 Å². The fourth-order valence-electron chi connectivity index (χ4n) is 4.18.